The number of carbonyl (C=O) groups excluding carboxylic acids is 1. The number of carbonyl (C=O) groups is 1. The van der Waals surface area contributed by atoms with Crippen molar-refractivity contribution in [2.75, 3.05) is 6.54 Å². The van der Waals surface area contributed by atoms with Gasteiger partial charge in [0.25, 0.3) is 15.9 Å². The molecule has 0 bridgehead atoms. The van der Waals surface area contributed by atoms with Gasteiger partial charge in [0.15, 0.2) is 0 Å². The molecular weight excluding hydrogens is 377 g/mol. The Labute approximate surface area is 127 Å². The Morgan fingerprint density at radius 1 is 1.32 bits per heavy atom. The minimum atomic E-state index is -3.64. The van der Waals surface area contributed by atoms with E-state index in [9.17, 15) is 13.2 Å². The number of amides is 1. The predicted octanol–water partition coefficient (Wildman–Crippen LogP) is 2.87. The van der Waals surface area contributed by atoms with Crippen molar-refractivity contribution < 1.29 is 13.2 Å². The van der Waals surface area contributed by atoms with Crippen molar-refractivity contribution in [3.05, 3.63) is 27.3 Å². The fraction of sp³-hybridized carbons (Fsp3) is 0.462. The normalized spacial score (nSPS) is 17.1. The summed E-state index contributed by atoms with van der Waals surface area (Å²) < 4.78 is 26.5. The SMILES string of the molecule is CC(C)CCCN1C(=O)c2ccc(I)cc2S1(=O)=O. The van der Waals surface area contributed by atoms with Crippen molar-refractivity contribution in [1.29, 1.82) is 0 Å². The van der Waals surface area contributed by atoms with E-state index in [1.54, 1.807) is 18.2 Å². The summed E-state index contributed by atoms with van der Waals surface area (Å²) in [5, 5.41) is 0. The van der Waals surface area contributed by atoms with Crippen LogP contribution in [0, 0.1) is 9.49 Å². The molecule has 0 N–H and O–H groups in total. The molecule has 1 aliphatic rings. The number of rotatable bonds is 4. The number of benzene rings is 1. The summed E-state index contributed by atoms with van der Waals surface area (Å²) in [5.41, 5.74) is 0.296. The quantitative estimate of drug-likeness (QED) is 0.740. The molecule has 0 atom stereocenters. The third-order valence-electron chi connectivity index (χ3n) is 3.11. The smallest absolute Gasteiger partial charge is 0.268 e. The van der Waals surface area contributed by atoms with Gasteiger partial charge in [-0.05, 0) is 59.5 Å². The number of hydrogen-bond acceptors (Lipinski definition) is 3. The second-order valence-corrected chi connectivity index (χ2v) is 8.14. The minimum Gasteiger partial charge on any atom is -0.268 e. The van der Waals surface area contributed by atoms with E-state index in [0.29, 0.717) is 17.9 Å². The lowest BCUT2D eigenvalue weighted by Gasteiger charge is -2.15. The Balaban J connectivity index is 2.28. The standard InChI is InChI=1S/C13H16INO3S/c1-9(2)4-3-7-15-13(16)11-6-5-10(14)8-12(11)19(15,17)18/h5-6,8-9H,3-4,7H2,1-2H3. The second kappa shape index (κ2) is 5.40. The van der Waals surface area contributed by atoms with Gasteiger partial charge in [-0.3, -0.25) is 4.79 Å². The van der Waals surface area contributed by atoms with Crippen LogP contribution in [0.25, 0.3) is 0 Å². The van der Waals surface area contributed by atoms with E-state index in [2.05, 4.69) is 13.8 Å². The minimum absolute atomic E-state index is 0.147. The first kappa shape index (κ1) is 14.8. The molecule has 0 unspecified atom stereocenters. The van der Waals surface area contributed by atoms with Crippen LogP contribution in [-0.4, -0.2) is 25.2 Å². The van der Waals surface area contributed by atoms with E-state index in [4.69, 9.17) is 0 Å². The van der Waals surface area contributed by atoms with Crippen molar-refractivity contribution >= 4 is 38.5 Å². The van der Waals surface area contributed by atoms with Gasteiger partial charge in [0.2, 0.25) is 0 Å². The van der Waals surface area contributed by atoms with Gasteiger partial charge in [-0.2, -0.15) is 0 Å². The predicted molar refractivity (Wildman–Crippen MR) is 81.5 cm³/mol. The number of fused-ring (bicyclic) bond motifs is 1. The molecule has 1 aliphatic heterocycles. The monoisotopic (exact) mass is 393 g/mol. The highest BCUT2D eigenvalue weighted by molar-refractivity contribution is 14.1. The highest BCUT2D eigenvalue weighted by atomic mass is 127. The molecule has 0 aromatic heterocycles. The zero-order valence-electron chi connectivity index (χ0n) is 10.9. The van der Waals surface area contributed by atoms with Gasteiger partial charge in [-0.1, -0.05) is 13.8 Å². The molecule has 0 saturated heterocycles. The summed E-state index contributed by atoms with van der Waals surface area (Å²) in [6.45, 7) is 4.43. The lowest BCUT2D eigenvalue weighted by molar-refractivity contribution is 0.0868. The van der Waals surface area contributed by atoms with Gasteiger partial charge >= 0.3 is 0 Å². The van der Waals surface area contributed by atoms with Crippen LogP contribution >= 0.6 is 22.6 Å². The van der Waals surface area contributed by atoms with Gasteiger partial charge in [0.1, 0.15) is 4.90 Å². The van der Waals surface area contributed by atoms with Crippen molar-refractivity contribution in [3.63, 3.8) is 0 Å². The van der Waals surface area contributed by atoms with Gasteiger partial charge in [0, 0.05) is 10.1 Å². The number of hydrogen-bond donors (Lipinski definition) is 0. The molecule has 104 valence electrons. The summed E-state index contributed by atoms with van der Waals surface area (Å²) >= 11 is 2.05. The molecule has 0 saturated carbocycles. The molecular formula is C13H16INO3S. The van der Waals surface area contributed by atoms with E-state index >= 15 is 0 Å². The summed E-state index contributed by atoms with van der Waals surface area (Å²) in [6, 6.07) is 4.91. The Morgan fingerprint density at radius 2 is 2.00 bits per heavy atom. The molecule has 19 heavy (non-hydrogen) atoms. The molecule has 0 spiro atoms. The summed E-state index contributed by atoms with van der Waals surface area (Å²) in [4.78, 5) is 12.3. The van der Waals surface area contributed by atoms with Gasteiger partial charge in [0.05, 0.1) is 5.56 Å². The number of sulfonamides is 1. The largest absolute Gasteiger partial charge is 0.269 e. The van der Waals surface area contributed by atoms with E-state index in [1.807, 2.05) is 22.6 Å². The summed E-state index contributed by atoms with van der Waals surface area (Å²) in [5.74, 6) is 0.110. The van der Waals surface area contributed by atoms with Crippen LogP contribution in [0.5, 0.6) is 0 Å². The number of halogens is 1. The summed E-state index contributed by atoms with van der Waals surface area (Å²) in [7, 11) is -3.64. The highest BCUT2D eigenvalue weighted by Crippen LogP contribution is 2.31. The number of nitrogens with zero attached hydrogens (tertiary/aromatic N) is 1. The van der Waals surface area contributed by atoms with Crippen molar-refractivity contribution in [2.24, 2.45) is 5.92 Å². The zero-order valence-corrected chi connectivity index (χ0v) is 13.9. The van der Waals surface area contributed by atoms with E-state index in [1.165, 1.54) is 0 Å². The third kappa shape index (κ3) is 2.79. The average Bonchev–Trinajstić information content (AvgIpc) is 2.49. The maximum Gasteiger partial charge on any atom is 0.269 e. The van der Waals surface area contributed by atoms with Crippen LogP contribution in [0.4, 0.5) is 0 Å². The maximum absolute atomic E-state index is 12.3. The average molecular weight is 393 g/mol. The maximum atomic E-state index is 12.3. The molecule has 1 aromatic carbocycles. The molecule has 4 nitrogen and oxygen atoms in total. The van der Waals surface area contributed by atoms with Crippen LogP contribution in [-0.2, 0) is 10.0 Å². The topological polar surface area (TPSA) is 54.5 Å². The first-order valence-electron chi connectivity index (χ1n) is 6.20. The van der Waals surface area contributed by atoms with E-state index in [0.717, 1.165) is 14.3 Å². The van der Waals surface area contributed by atoms with E-state index in [-0.39, 0.29) is 11.4 Å². The first-order valence-corrected chi connectivity index (χ1v) is 8.72. The Morgan fingerprint density at radius 3 is 2.63 bits per heavy atom. The molecule has 0 fully saturated rings. The zero-order chi connectivity index (χ0) is 14.2. The second-order valence-electron chi connectivity index (χ2n) is 5.06. The molecule has 1 heterocycles. The summed E-state index contributed by atoms with van der Waals surface area (Å²) in [6.07, 6.45) is 1.61. The fourth-order valence-corrected chi connectivity index (χ4v) is 4.45. The van der Waals surface area contributed by atoms with Crippen LogP contribution in [0.3, 0.4) is 0 Å². The van der Waals surface area contributed by atoms with E-state index < -0.39 is 15.9 Å². The van der Waals surface area contributed by atoms with Gasteiger partial charge in [-0.25, -0.2) is 12.7 Å². The first-order chi connectivity index (χ1) is 8.84. The van der Waals surface area contributed by atoms with Crippen molar-refractivity contribution in [2.45, 2.75) is 31.6 Å². The Bertz CT molecular complexity index is 610. The van der Waals surface area contributed by atoms with Crippen LogP contribution in [0.2, 0.25) is 0 Å². The molecule has 6 heteroatoms. The fourth-order valence-electron chi connectivity index (χ4n) is 2.11. The van der Waals surface area contributed by atoms with Crippen LogP contribution in [0.15, 0.2) is 23.1 Å². The molecule has 1 amide bonds. The van der Waals surface area contributed by atoms with Crippen molar-refractivity contribution in [1.82, 2.24) is 4.31 Å². The lowest BCUT2D eigenvalue weighted by atomic mass is 10.1. The molecule has 1 aromatic rings. The highest BCUT2D eigenvalue weighted by Gasteiger charge is 2.40. The Kier molecular flexibility index (Phi) is 4.20. The van der Waals surface area contributed by atoms with Crippen molar-refractivity contribution in [3.8, 4) is 0 Å². The van der Waals surface area contributed by atoms with Crippen LogP contribution in [0.1, 0.15) is 37.0 Å². The van der Waals surface area contributed by atoms with Crippen LogP contribution < -0.4 is 0 Å². The van der Waals surface area contributed by atoms with Gasteiger partial charge in [-0.15, -0.1) is 0 Å². The Hall–Kier alpha value is -0.630. The van der Waals surface area contributed by atoms with Gasteiger partial charge < -0.3 is 0 Å². The third-order valence-corrected chi connectivity index (χ3v) is 5.60. The molecule has 0 radical (unpaired) electrons. The molecule has 0 aliphatic carbocycles. The lowest BCUT2D eigenvalue weighted by Crippen LogP contribution is -2.31. The molecule has 2 rings (SSSR count).